The number of carbonyl (C=O) groups excluding carboxylic acids is 1. The first-order valence-electron chi connectivity index (χ1n) is 4.72. The predicted octanol–water partition coefficient (Wildman–Crippen LogP) is 4.01. The van der Waals surface area contributed by atoms with Gasteiger partial charge in [0.25, 0.3) is 0 Å². The van der Waals surface area contributed by atoms with Crippen LogP contribution < -0.4 is 0 Å². The topological polar surface area (TPSA) is 29.4 Å². The van der Waals surface area contributed by atoms with Crippen molar-refractivity contribution in [1.82, 2.24) is 0 Å². The van der Waals surface area contributed by atoms with Crippen LogP contribution >= 0.6 is 23.1 Å². The molecule has 0 aliphatic heterocycles. The van der Waals surface area contributed by atoms with Crippen molar-refractivity contribution in [1.29, 1.82) is 0 Å². The molecule has 0 N–H and O–H groups in total. The lowest BCUT2D eigenvalue weighted by molar-refractivity contribution is 0.565. The quantitative estimate of drug-likeness (QED) is 0.464. The molecule has 0 saturated carbocycles. The SMILES string of the molecule is O=C=Nc1sccc1SCc1ccccc1. The summed E-state index contributed by atoms with van der Waals surface area (Å²) in [6.07, 6.45) is 1.58. The van der Waals surface area contributed by atoms with Crippen molar-refractivity contribution in [2.75, 3.05) is 0 Å². The first-order chi connectivity index (χ1) is 7.90. The average Bonchev–Trinajstić information content (AvgIpc) is 2.76. The van der Waals surface area contributed by atoms with Gasteiger partial charge in [-0.3, -0.25) is 0 Å². The second-order valence-corrected chi connectivity index (χ2v) is 4.98. The van der Waals surface area contributed by atoms with Crippen molar-refractivity contribution >= 4 is 34.2 Å². The Morgan fingerprint density at radius 1 is 1.25 bits per heavy atom. The molecule has 0 atom stereocenters. The van der Waals surface area contributed by atoms with Gasteiger partial charge in [-0.05, 0) is 17.0 Å². The highest BCUT2D eigenvalue weighted by Crippen LogP contribution is 2.36. The smallest absolute Gasteiger partial charge is 0.211 e. The molecule has 1 aromatic carbocycles. The Morgan fingerprint density at radius 2 is 2.06 bits per heavy atom. The van der Waals surface area contributed by atoms with Gasteiger partial charge in [0, 0.05) is 10.6 Å². The van der Waals surface area contributed by atoms with E-state index >= 15 is 0 Å². The van der Waals surface area contributed by atoms with Crippen molar-refractivity contribution in [3.63, 3.8) is 0 Å². The number of aliphatic imine (C=N–C) groups is 1. The molecule has 0 radical (unpaired) electrons. The third kappa shape index (κ3) is 2.83. The maximum Gasteiger partial charge on any atom is 0.241 e. The lowest BCUT2D eigenvalue weighted by Gasteiger charge is -1.99. The number of nitrogens with zero attached hydrogens (tertiary/aromatic N) is 1. The van der Waals surface area contributed by atoms with Crippen LogP contribution in [0.25, 0.3) is 0 Å². The van der Waals surface area contributed by atoms with E-state index in [2.05, 4.69) is 17.1 Å². The van der Waals surface area contributed by atoms with Gasteiger partial charge in [-0.2, -0.15) is 4.99 Å². The molecule has 0 saturated heterocycles. The molecule has 1 heterocycles. The Kier molecular flexibility index (Phi) is 3.94. The van der Waals surface area contributed by atoms with E-state index in [0.29, 0.717) is 0 Å². The van der Waals surface area contributed by atoms with Gasteiger partial charge in [0.05, 0.1) is 0 Å². The first kappa shape index (κ1) is 11.1. The van der Waals surface area contributed by atoms with Crippen molar-refractivity contribution in [2.45, 2.75) is 10.6 Å². The zero-order valence-electron chi connectivity index (χ0n) is 8.42. The van der Waals surface area contributed by atoms with Crippen LogP contribution in [0.3, 0.4) is 0 Å². The Bertz CT molecular complexity index is 501. The maximum absolute atomic E-state index is 10.2. The number of isocyanates is 1. The summed E-state index contributed by atoms with van der Waals surface area (Å²) in [5.41, 5.74) is 1.26. The number of hydrogen-bond donors (Lipinski definition) is 0. The third-order valence-corrected chi connectivity index (χ3v) is 4.05. The molecule has 0 fully saturated rings. The summed E-state index contributed by atoms with van der Waals surface area (Å²) < 4.78 is 0. The molecule has 0 aliphatic carbocycles. The van der Waals surface area contributed by atoms with E-state index in [0.717, 1.165) is 15.6 Å². The summed E-state index contributed by atoms with van der Waals surface area (Å²) in [4.78, 5) is 14.9. The zero-order chi connectivity index (χ0) is 11.2. The molecule has 1 aromatic heterocycles. The van der Waals surface area contributed by atoms with Crippen molar-refractivity contribution in [3.05, 3.63) is 47.3 Å². The van der Waals surface area contributed by atoms with E-state index in [-0.39, 0.29) is 0 Å². The lowest BCUT2D eigenvalue weighted by atomic mass is 10.2. The minimum Gasteiger partial charge on any atom is -0.211 e. The predicted molar refractivity (Wildman–Crippen MR) is 68.1 cm³/mol. The van der Waals surface area contributed by atoms with E-state index < -0.39 is 0 Å². The van der Waals surface area contributed by atoms with Gasteiger partial charge in [-0.1, -0.05) is 30.3 Å². The van der Waals surface area contributed by atoms with Crippen LogP contribution in [0, 0.1) is 0 Å². The minimum absolute atomic E-state index is 0.746. The van der Waals surface area contributed by atoms with Gasteiger partial charge in [-0.25, -0.2) is 4.79 Å². The molecule has 2 rings (SSSR count). The second-order valence-electron chi connectivity index (χ2n) is 3.07. The van der Waals surface area contributed by atoms with Gasteiger partial charge in [0.15, 0.2) is 0 Å². The van der Waals surface area contributed by atoms with Crippen LogP contribution in [0.5, 0.6) is 0 Å². The highest BCUT2D eigenvalue weighted by atomic mass is 32.2. The fourth-order valence-electron chi connectivity index (χ4n) is 1.26. The number of thioether (sulfide) groups is 1. The number of benzene rings is 1. The Hall–Kier alpha value is -1.35. The van der Waals surface area contributed by atoms with Crippen molar-refractivity contribution in [3.8, 4) is 0 Å². The van der Waals surface area contributed by atoms with E-state index in [9.17, 15) is 4.79 Å². The van der Waals surface area contributed by atoms with Crippen LogP contribution in [0.4, 0.5) is 5.00 Å². The van der Waals surface area contributed by atoms with E-state index in [4.69, 9.17) is 0 Å². The third-order valence-electron chi connectivity index (χ3n) is 1.99. The van der Waals surface area contributed by atoms with Crippen LogP contribution in [0.2, 0.25) is 0 Å². The molecule has 4 heteroatoms. The van der Waals surface area contributed by atoms with Crippen LogP contribution in [-0.2, 0) is 10.5 Å². The Balaban J connectivity index is 2.05. The highest BCUT2D eigenvalue weighted by Gasteiger charge is 2.03. The van der Waals surface area contributed by atoms with E-state index in [1.165, 1.54) is 16.9 Å². The normalized spacial score (nSPS) is 9.75. The molecule has 2 aromatic rings. The highest BCUT2D eigenvalue weighted by molar-refractivity contribution is 7.98. The van der Waals surface area contributed by atoms with Gasteiger partial charge >= 0.3 is 0 Å². The zero-order valence-corrected chi connectivity index (χ0v) is 10.1. The summed E-state index contributed by atoms with van der Waals surface area (Å²) in [5, 5.41) is 2.68. The van der Waals surface area contributed by atoms with Gasteiger partial charge in [0.1, 0.15) is 5.00 Å². The molecular formula is C12H9NOS2. The van der Waals surface area contributed by atoms with E-state index in [1.807, 2.05) is 29.6 Å². The fraction of sp³-hybridized carbons (Fsp3) is 0.0833. The van der Waals surface area contributed by atoms with Crippen LogP contribution in [0.15, 0.2) is 51.7 Å². The van der Waals surface area contributed by atoms with Crippen molar-refractivity contribution < 1.29 is 4.79 Å². The van der Waals surface area contributed by atoms with Gasteiger partial charge < -0.3 is 0 Å². The largest absolute Gasteiger partial charge is 0.241 e. The molecule has 0 aliphatic rings. The number of rotatable bonds is 4. The summed E-state index contributed by atoms with van der Waals surface area (Å²) >= 11 is 3.14. The second kappa shape index (κ2) is 5.66. The van der Waals surface area contributed by atoms with E-state index in [1.54, 1.807) is 17.8 Å². The monoisotopic (exact) mass is 247 g/mol. The van der Waals surface area contributed by atoms with Gasteiger partial charge in [-0.15, -0.1) is 23.1 Å². The minimum atomic E-state index is 0.746. The maximum atomic E-state index is 10.2. The lowest BCUT2D eigenvalue weighted by Crippen LogP contribution is -1.77. The first-order valence-corrected chi connectivity index (χ1v) is 6.59. The summed E-state index contributed by atoms with van der Waals surface area (Å²) in [7, 11) is 0. The average molecular weight is 247 g/mol. The molecule has 2 nitrogen and oxygen atoms in total. The summed E-state index contributed by atoms with van der Waals surface area (Å²) in [6.45, 7) is 0. The van der Waals surface area contributed by atoms with Crippen molar-refractivity contribution in [2.24, 2.45) is 4.99 Å². The molecular weight excluding hydrogens is 238 g/mol. The molecule has 0 amide bonds. The summed E-state index contributed by atoms with van der Waals surface area (Å²) in [5.74, 6) is 0.888. The van der Waals surface area contributed by atoms with Crippen LogP contribution in [-0.4, -0.2) is 6.08 Å². The summed E-state index contributed by atoms with van der Waals surface area (Å²) in [6, 6.07) is 12.2. The molecule has 0 bridgehead atoms. The van der Waals surface area contributed by atoms with Crippen LogP contribution in [0.1, 0.15) is 5.56 Å². The number of thiophene rings is 1. The van der Waals surface area contributed by atoms with Gasteiger partial charge in [0.2, 0.25) is 6.08 Å². The molecule has 80 valence electrons. The molecule has 0 spiro atoms. The Morgan fingerprint density at radius 3 is 2.81 bits per heavy atom. The fourth-order valence-corrected chi connectivity index (χ4v) is 3.12. The molecule has 16 heavy (non-hydrogen) atoms. The standard InChI is InChI=1S/C12H9NOS2/c14-9-13-12-11(6-7-15-12)16-8-10-4-2-1-3-5-10/h1-7H,8H2. The Labute approximate surface area is 102 Å². The number of hydrogen-bond acceptors (Lipinski definition) is 4. The molecule has 0 unspecified atom stereocenters.